The highest BCUT2D eigenvalue weighted by molar-refractivity contribution is 5.79. The lowest BCUT2D eigenvalue weighted by Gasteiger charge is -2.19. The maximum atomic E-state index is 5.58. The van der Waals surface area contributed by atoms with Crippen LogP contribution >= 0.6 is 0 Å². The quantitative estimate of drug-likeness (QED) is 0.418. The van der Waals surface area contributed by atoms with Gasteiger partial charge >= 0.3 is 0 Å². The molecule has 1 saturated carbocycles. The molecule has 5 nitrogen and oxygen atoms in total. The number of nitrogens with one attached hydrogen (secondary N) is 2. The summed E-state index contributed by atoms with van der Waals surface area (Å²) in [6, 6.07) is 14.5. The molecule has 1 aliphatic carbocycles. The minimum atomic E-state index is 0.283. The molecule has 5 heteroatoms. The lowest BCUT2D eigenvalue weighted by atomic mass is 9.96. The number of benzene rings is 1. The van der Waals surface area contributed by atoms with Gasteiger partial charge in [0.15, 0.2) is 5.96 Å². The topological polar surface area (TPSA) is 58.8 Å². The van der Waals surface area contributed by atoms with Crippen LogP contribution in [-0.4, -0.2) is 32.7 Å². The molecule has 2 N–H and O–H groups in total. The highest BCUT2D eigenvalue weighted by Crippen LogP contribution is 2.47. The Morgan fingerprint density at radius 1 is 1.16 bits per heavy atom. The number of guanidine groups is 1. The summed E-state index contributed by atoms with van der Waals surface area (Å²) in [5.74, 6) is 1.72. The molecule has 0 amide bonds. The van der Waals surface area contributed by atoms with E-state index in [2.05, 4.69) is 46.0 Å². The first-order valence-electron chi connectivity index (χ1n) is 8.93. The Morgan fingerprint density at radius 3 is 2.68 bits per heavy atom. The van der Waals surface area contributed by atoms with Crippen molar-refractivity contribution in [3.05, 3.63) is 60.1 Å². The largest absolute Gasteiger partial charge is 0.467 e. The van der Waals surface area contributed by atoms with Gasteiger partial charge in [0.05, 0.1) is 6.26 Å². The predicted octanol–water partition coefficient (Wildman–Crippen LogP) is 3.08. The van der Waals surface area contributed by atoms with Gasteiger partial charge in [0.1, 0.15) is 12.4 Å². The van der Waals surface area contributed by atoms with Crippen molar-refractivity contribution in [2.75, 3.05) is 26.7 Å². The molecule has 0 unspecified atom stereocenters. The van der Waals surface area contributed by atoms with Crippen molar-refractivity contribution in [1.29, 1.82) is 0 Å². The minimum Gasteiger partial charge on any atom is -0.467 e. The van der Waals surface area contributed by atoms with Gasteiger partial charge in [-0.2, -0.15) is 0 Å². The molecule has 2 aromatic rings. The Labute approximate surface area is 149 Å². The molecule has 1 aliphatic rings. The van der Waals surface area contributed by atoms with Crippen molar-refractivity contribution in [2.24, 2.45) is 4.99 Å². The fraction of sp³-hybridized carbons (Fsp3) is 0.450. The first-order chi connectivity index (χ1) is 12.3. The van der Waals surface area contributed by atoms with Crippen LogP contribution in [0.5, 0.6) is 0 Å². The minimum absolute atomic E-state index is 0.283. The Kier molecular flexibility index (Phi) is 6.12. The highest BCUT2D eigenvalue weighted by atomic mass is 16.5. The number of hydrogen-bond acceptors (Lipinski definition) is 3. The maximum absolute atomic E-state index is 5.58. The van der Waals surface area contributed by atoms with Crippen molar-refractivity contribution in [2.45, 2.75) is 31.3 Å². The zero-order chi connectivity index (χ0) is 17.4. The van der Waals surface area contributed by atoms with Crippen LogP contribution in [0.3, 0.4) is 0 Å². The standard InChI is InChI=1S/C20H27N3O2/c1-21-19(22-12-6-13-24-15-18-9-5-14-25-18)23-16-20(10-11-20)17-7-3-2-4-8-17/h2-5,7-9,14H,6,10-13,15-16H2,1H3,(H2,21,22,23). The first kappa shape index (κ1) is 17.5. The second-order valence-corrected chi connectivity index (χ2v) is 6.48. The van der Waals surface area contributed by atoms with E-state index >= 15 is 0 Å². The van der Waals surface area contributed by atoms with Gasteiger partial charge < -0.3 is 19.8 Å². The smallest absolute Gasteiger partial charge is 0.191 e. The summed E-state index contributed by atoms with van der Waals surface area (Å²) in [5, 5.41) is 6.82. The van der Waals surface area contributed by atoms with Crippen molar-refractivity contribution in [3.63, 3.8) is 0 Å². The normalized spacial score (nSPS) is 15.8. The lowest BCUT2D eigenvalue weighted by molar-refractivity contribution is 0.105. The molecule has 1 aromatic carbocycles. The van der Waals surface area contributed by atoms with Crippen LogP contribution in [0.1, 0.15) is 30.6 Å². The first-order valence-corrected chi connectivity index (χ1v) is 8.93. The van der Waals surface area contributed by atoms with Crippen molar-refractivity contribution in [1.82, 2.24) is 10.6 Å². The zero-order valence-electron chi connectivity index (χ0n) is 14.8. The van der Waals surface area contributed by atoms with Gasteiger partial charge in [0, 0.05) is 32.2 Å². The molecule has 1 heterocycles. The number of rotatable bonds is 9. The van der Waals surface area contributed by atoms with Crippen LogP contribution in [0.15, 0.2) is 58.1 Å². The second kappa shape index (κ2) is 8.72. The summed E-state index contributed by atoms with van der Waals surface area (Å²) in [4.78, 5) is 4.31. The van der Waals surface area contributed by atoms with Gasteiger partial charge in [-0.3, -0.25) is 4.99 Å². The average Bonchev–Trinajstić information content (AvgIpc) is 3.27. The van der Waals surface area contributed by atoms with E-state index < -0.39 is 0 Å². The molecule has 3 rings (SSSR count). The summed E-state index contributed by atoms with van der Waals surface area (Å²) >= 11 is 0. The highest BCUT2D eigenvalue weighted by Gasteiger charge is 2.43. The molecule has 0 aliphatic heterocycles. The summed E-state index contributed by atoms with van der Waals surface area (Å²) in [6.45, 7) is 2.97. The Balaban J connectivity index is 1.32. The van der Waals surface area contributed by atoms with Crippen LogP contribution in [0.4, 0.5) is 0 Å². The van der Waals surface area contributed by atoms with E-state index in [1.807, 2.05) is 19.2 Å². The van der Waals surface area contributed by atoms with E-state index in [9.17, 15) is 0 Å². The molecule has 1 fully saturated rings. The van der Waals surface area contributed by atoms with Crippen LogP contribution in [0, 0.1) is 0 Å². The summed E-state index contributed by atoms with van der Waals surface area (Å²) in [6.07, 6.45) is 5.06. The molecule has 0 atom stereocenters. The molecular weight excluding hydrogens is 314 g/mol. The van der Waals surface area contributed by atoms with Crippen LogP contribution in [0.2, 0.25) is 0 Å². The monoisotopic (exact) mass is 341 g/mol. The average molecular weight is 341 g/mol. The van der Waals surface area contributed by atoms with E-state index in [4.69, 9.17) is 9.15 Å². The maximum Gasteiger partial charge on any atom is 0.191 e. The molecule has 1 aromatic heterocycles. The van der Waals surface area contributed by atoms with Crippen LogP contribution in [-0.2, 0) is 16.8 Å². The third kappa shape index (κ3) is 5.10. The van der Waals surface area contributed by atoms with Gasteiger partial charge in [0.2, 0.25) is 0 Å². The third-order valence-electron chi connectivity index (χ3n) is 4.64. The molecular formula is C20H27N3O2. The lowest BCUT2D eigenvalue weighted by Crippen LogP contribution is -2.41. The summed E-state index contributed by atoms with van der Waals surface area (Å²) < 4.78 is 10.8. The number of nitrogens with zero attached hydrogens (tertiary/aromatic N) is 1. The molecule has 0 radical (unpaired) electrons. The Morgan fingerprint density at radius 2 is 2.00 bits per heavy atom. The summed E-state index contributed by atoms with van der Waals surface area (Å²) in [5.41, 5.74) is 1.70. The number of hydrogen-bond donors (Lipinski definition) is 2. The zero-order valence-corrected chi connectivity index (χ0v) is 14.8. The van der Waals surface area contributed by atoms with E-state index in [0.717, 1.165) is 31.2 Å². The van der Waals surface area contributed by atoms with E-state index in [0.29, 0.717) is 13.2 Å². The van der Waals surface area contributed by atoms with E-state index in [1.54, 1.807) is 6.26 Å². The van der Waals surface area contributed by atoms with Gasteiger partial charge in [-0.25, -0.2) is 0 Å². The second-order valence-electron chi connectivity index (χ2n) is 6.48. The predicted molar refractivity (Wildman–Crippen MR) is 99.7 cm³/mol. The number of aliphatic imine (C=N–C) groups is 1. The molecule has 0 spiro atoms. The van der Waals surface area contributed by atoms with Crippen molar-refractivity contribution < 1.29 is 9.15 Å². The number of ether oxygens (including phenoxy) is 1. The number of furan rings is 1. The summed E-state index contributed by atoms with van der Waals surface area (Å²) in [7, 11) is 1.81. The Hall–Kier alpha value is -2.27. The fourth-order valence-electron chi connectivity index (χ4n) is 2.93. The molecule has 0 bridgehead atoms. The van der Waals surface area contributed by atoms with Crippen LogP contribution < -0.4 is 10.6 Å². The van der Waals surface area contributed by atoms with Crippen LogP contribution in [0.25, 0.3) is 0 Å². The molecule has 134 valence electrons. The fourth-order valence-corrected chi connectivity index (χ4v) is 2.93. The third-order valence-corrected chi connectivity index (χ3v) is 4.64. The van der Waals surface area contributed by atoms with Gasteiger partial charge in [-0.05, 0) is 37.0 Å². The van der Waals surface area contributed by atoms with Crippen molar-refractivity contribution in [3.8, 4) is 0 Å². The molecule has 0 saturated heterocycles. The SMILES string of the molecule is CN=C(NCCCOCc1ccco1)NCC1(c2ccccc2)CC1. The van der Waals surface area contributed by atoms with Gasteiger partial charge in [0.25, 0.3) is 0 Å². The van der Waals surface area contributed by atoms with E-state index in [-0.39, 0.29) is 5.41 Å². The van der Waals surface area contributed by atoms with Gasteiger partial charge in [-0.1, -0.05) is 30.3 Å². The van der Waals surface area contributed by atoms with E-state index in [1.165, 1.54) is 18.4 Å². The van der Waals surface area contributed by atoms with Crippen molar-refractivity contribution >= 4 is 5.96 Å². The van der Waals surface area contributed by atoms with Gasteiger partial charge in [-0.15, -0.1) is 0 Å². The molecule has 25 heavy (non-hydrogen) atoms. The Bertz CT molecular complexity index is 649.